The van der Waals surface area contributed by atoms with Crippen molar-refractivity contribution in [2.75, 3.05) is 11.9 Å². The first-order valence-corrected chi connectivity index (χ1v) is 6.16. The van der Waals surface area contributed by atoms with E-state index in [2.05, 4.69) is 5.32 Å². The number of rotatable bonds is 5. The SMILES string of the molecule is Cc1ccc(NC(=O)CCC(C)CN)c(Cl)c1. The van der Waals surface area contributed by atoms with E-state index >= 15 is 0 Å². The second-order valence-corrected chi connectivity index (χ2v) is 4.82. The summed E-state index contributed by atoms with van der Waals surface area (Å²) < 4.78 is 0. The molecule has 0 aromatic heterocycles. The highest BCUT2D eigenvalue weighted by Crippen LogP contribution is 2.23. The third kappa shape index (κ3) is 4.75. The predicted molar refractivity (Wildman–Crippen MR) is 72.3 cm³/mol. The van der Waals surface area contributed by atoms with Gasteiger partial charge >= 0.3 is 0 Å². The molecule has 0 spiro atoms. The van der Waals surface area contributed by atoms with E-state index in [1.165, 1.54) is 0 Å². The van der Waals surface area contributed by atoms with Gasteiger partial charge in [-0.3, -0.25) is 4.79 Å². The average molecular weight is 255 g/mol. The van der Waals surface area contributed by atoms with Crippen molar-refractivity contribution in [3.05, 3.63) is 28.8 Å². The van der Waals surface area contributed by atoms with E-state index in [4.69, 9.17) is 17.3 Å². The second kappa shape index (κ2) is 6.62. The first kappa shape index (κ1) is 14.0. The Hall–Kier alpha value is -1.06. The maximum Gasteiger partial charge on any atom is 0.224 e. The van der Waals surface area contributed by atoms with Gasteiger partial charge in [0.05, 0.1) is 10.7 Å². The summed E-state index contributed by atoms with van der Waals surface area (Å²) in [6.07, 6.45) is 1.27. The number of hydrogen-bond acceptors (Lipinski definition) is 2. The molecule has 1 rings (SSSR count). The Balaban J connectivity index is 2.50. The lowest BCUT2D eigenvalue weighted by molar-refractivity contribution is -0.116. The number of nitrogens with one attached hydrogen (secondary N) is 1. The minimum Gasteiger partial charge on any atom is -0.330 e. The Kier molecular flexibility index (Phi) is 5.45. The maximum atomic E-state index is 11.7. The number of carbonyl (C=O) groups is 1. The van der Waals surface area contributed by atoms with Crippen LogP contribution in [0.15, 0.2) is 18.2 Å². The number of anilines is 1. The standard InChI is InChI=1S/C13H19ClN2O/c1-9-3-5-12(11(14)7-9)16-13(17)6-4-10(2)8-15/h3,5,7,10H,4,6,8,15H2,1-2H3,(H,16,17). The minimum absolute atomic E-state index is 0.0175. The molecule has 1 amide bonds. The van der Waals surface area contributed by atoms with Crippen molar-refractivity contribution in [3.63, 3.8) is 0 Å². The molecule has 0 aliphatic heterocycles. The highest BCUT2D eigenvalue weighted by Gasteiger charge is 2.07. The molecule has 0 saturated heterocycles. The molecule has 3 N–H and O–H groups in total. The van der Waals surface area contributed by atoms with E-state index in [0.29, 0.717) is 29.6 Å². The fraction of sp³-hybridized carbons (Fsp3) is 0.462. The van der Waals surface area contributed by atoms with Crippen LogP contribution in [0.1, 0.15) is 25.3 Å². The van der Waals surface area contributed by atoms with Crippen LogP contribution in [0, 0.1) is 12.8 Å². The third-order valence-corrected chi connectivity index (χ3v) is 2.98. The Morgan fingerprint density at radius 2 is 2.24 bits per heavy atom. The first-order valence-electron chi connectivity index (χ1n) is 5.79. The lowest BCUT2D eigenvalue weighted by Crippen LogP contribution is -2.16. The molecule has 17 heavy (non-hydrogen) atoms. The molecule has 1 aromatic carbocycles. The number of halogens is 1. The minimum atomic E-state index is -0.0175. The summed E-state index contributed by atoms with van der Waals surface area (Å²) in [5, 5.41) is 3.38. The molecule has 0 heterocycles. The van der Waals surface area contributed by atoms with Crippen LogP contribution in [0.2, 0.25) is 5.02 Å². The maximum absolute atomic E-state index is 11.7. The molecule has 0 aliphatic carbocycles. The van der Waals surface area contributed by atoms with Crippen molar-refractivity contribution in [3.8, 4) is 0 Å². The Bertz CT molecular complexity index is 393. The topological polar surface area (TPSA) is 55.1 Å². The zero-order valence-corrected chi connectivity index (χ0v) is 11.1. The Morgan fingerprint density at radius 3 is 2.82 bits per heavy atom. The van der Waals surface area contributed by atoms with Crippen LogP contribution in [-0.4, -0.2) is 12.5 Å². The summed E-state index contributed by atoms with van der Waals surface area (Å²) in [5.74, 6) is 0.352. The van der Waals surface area contributed by atoms with Gasteiger partial charge in [-0.15, -0.1) is 0 Å². The van der Waals surface area contributed by atoms with Crippen LogP contribution in [0.5, 0.6) is 0 Å². The van der Waals surface area contributed by atoms with Crippen LogP contribution in [-0.2, 0) is 4.79 Å². The zero-order chi connectivity index (χ0) is 12.8. The molecular weight excluding hydrogens is 236 g/mol. The van der Waals surface area contributed by atoms with Crippen molar-refractivity contribution in [1.29, 1.82) is 0 Å². The molecule has 0 radical (unpaired) electrons. The van der Waals surface area contributed by atoms with E-state index in [1.54, 1.807) is 0 Å². The van der Waals surface area contributed by atoms with Crippen LogP contribution in [0.3, 0.4) is 0 Å². The quantitative estimate of drug-likeness (QED) is 0.849. The highest BCUT2D eigenvalue weighted by molar-refractivity contribution is 6.33. The average Bonchev–Trinajstić information content (AvgIpc) is 2.29. The molecule has 0 bridgehead atoms. The van der Waals surface area contributed by atoms with Crippen LogP contribution in [0.25, 0.3) is 0 Å². The fourth-order valence-corrected chi connectivity index (χ4v) is 1.71. The largest absolute Gasteiger partial charge is 0.330 e. The molecule has 1 aromatic rings. The van der Waals surface area contributed by atoms with E-state index in [1.807, 2.05) is 32.0 Å². The van der Waals surface area contributed by atoms with E-state index in [0.717, 1.165) is 12.0 Å². The van der Waals surface area contributed by atoms with Crippen molar-refractivity contribution in [1.82, 2.24) is 0 Å². The summed E-state index contributed by atoms with van der Waals surface area (Å²) in [7, 11) is 0. The van der Waals surface area contributed by atoms with Crippen molar-refractivity contribution >= 4 is 23.2 Å². The van der Waals surface area contributed by atoms with Gasteiger partial charge in [0.25, 0.3) is 0 Å². The van der Waals surface area contributed by atoms with E-state index < -0.39 is 0 Å². The zero-order valence-electron chi connectivity index (χ0n) is 10.3. The van der Waals surface area contributed by atoms with E-state index in [9.17, 15) is 4.79 Å². The van der Waals surface area contributed by atoms with Gasteiger partial charge in [-0.05, 0) is 43.5 Å². The number of nitrogens with two attached hydrogens (primary N) is 1. The Morgan fingerprint density at radius 1 is 1.53 bits per heavy atom. The van der Waals surface area contributed by atoms with Gasteiger partial charge in [0, 0.05) is 6.42 Å². The van der Waals surface area contributed by atoms with Crippen molar-refractivity contribution in [2.45, 2.75) is 26.7 Å². The van der Waals surface area contributed by atoms with Crippen LogP contribution < -0.4 is 11.1 Å². The monoisotopic (exact) mass is 254 g/mol. The van der Waals surface area contributed by atoms with E-state index in [-0.39, 0.29) is 5.91 Å². The summed E-state index contributed by atoms with van der Waals surface area (Å²) in [4.78, 5) is 11.7. The van der Waals surface area contributed by atoms with Crippen LogP contribution >= 0.6 is 11.6 Å². The molecular formula is C13H19ClN2O. The molecule has 0 fully saturated rings. The normalized spacial score (nSPS) is 12.2. The molecule has 94 valence electrons. The van der Waals surface area contributed by atoms with Gasteiger partial charge in [-0.25, -0.2) is 0 Å². The van der Waals surface area contributed by atoms with Gasteiger partial charge in [0.2, 0.25) is 5.91 Å². The lowest BCUT2D eigenvalue weighted by atomic mass is 10.1. The summed E-state index contributed by atoms with van der Waals surface area (Å²) in [6.45, 7) is 4.60. The molecule has 1 atom stereocenters. The van der Waals surface area contributed by atoms with Gasteiger partial charge in [0.15, 0.2) is 0 Å². The highest BCUT2D eigenvalue weighted by atomic mass is 35.5. The third-order valence-electron chi connectivity index (χ3n) is 2.67. The summed E-state index contributed by atoms with van der Waals surface area (Å²) >= 11 is 6.03. The molecule has 0 saturated carbocycles. The predicted octanol–water partition coefficient (Wildman–Crippen LogP) is 2.96. The van der Waals surface area contributed by atoms with Gasteiger partial charge in [0.1, 0.15) is 0 Å². The number of amides is 1. The smallest absolute Gasteiger partial charge is 0.224 e. The number of aryl methyl sites for hydroxylation is 1. The van der Waals surface area contributed by atoms with Gasteiger partial charge < -0.3 is 11.1 Å². The lowest BCUT2D eigenvalue weighted by Gasteiger charge is -2.10. The molecule has 1 unspecified atom stereocenters. The first-order chi connectivity index (χ1) is 8.02. The summed E-state index contributed by atoms with van der Waals surface area (Å²) in [6, 6.07) is 5.58. The van der Waals surface area contributed by atoms with Crippen LogP contribution in [0.4, 0.5) is 5.69 Å². The Labute approximate surface area is 107 Å². The van der Waals surface area contributed by atoms with Gasteiger partial charge in [-0.2, -0.15) is 0 Å². The fourth-order valence-electron chi connectivity index (χ4n) is 1.43. The second-order valence-electron chi connectivity index (χ2n) is 4.41. The summed E-state index contributed by atoms with van der Waals surface area (Å²) in [5.41, 5.74) is 7.24. The van der Waals surface area contributed by atoms with Gasteiger partial charge in [-0.1, -0.05) is 24.6 Å². The number of benzene rings is 1. The number of hydrogen-bond donors (Lipinski definition) is 2. The number of carbonyl (C=O) groups excluding carboxylic acids is 1. The van der Waals surface area contributed by atoms with Crippen molar-refractivity contribution < 1.29 is 4.79 Å². The molecule has 3 nitrogen and oxygen atoms in total. The molecule has 4 heteroatoms. The molecule has 0 aliphatic rings. The van der Waals surface area contributed by atoms with Crippen molar-refractivity contribution in [2.24, 2.45) is 11.7 Å².